The van der Waals surface area contributed by atoms with Gasteiger partial charge < -0.3 is 9.84 Å². The first kappa shape index (κ1) is 10.5. The van der Waals surface area contributed by atoms with Crippen LogP contribution in [0.15, 0.2) is 18.2 Å². The van der Waals surface area contributed by atoms with Crippen LogP contribution in [-0.2, 0) is 11.3 Å². The summed E-state index contributed by atoms with van der Waals surface area (Å²) in [5.41, 5.74) is 2.34. The van der Waals surface area contributed by atoms with Crippen molar-refractivity contribution < 1.29 is 9.84 Å². The molecule has 15 heavy (non-hydrogen) atoms. The number of morpholine rings is 1. The zero-order valence-electron chi connectivity index (χ0n) is 9.03. The molecule has 2 rings (SSSR count). The molecule has 0 amide bonds. The predicted octanol–water partition coefficient (Wildman–Crippen LogP) is 0.901. The summed E-state index contributed by atoms with van der Waals surface area (Å²) in [6, 6.07) is 5.26. The van der Waals surface area contributed by atoms with Gasteiger partial charge in [-0.1, -0.05) is 18.2 Å². The number of nitrogens with zero attached hydrogens (tertiary/aromatic N) is 1. The third kappa shape index (κ3) is 2.70. The van der Waals surface area contributed by atoms with Crippen LogP contribution in [0.1, 0.15) is 11.1 Å². The Hall–Kier alpha value is -1.06. The third-order valence-electron chi connectivity index (χ3n) is 2.82. The lowest BCUT2D eigenvalue weighted by atomic mass is 10.1. The second-order valence-electron chi connectivity index (χ2n) is 3.98. The van der Waals surface area contributed by atoms with Crippen LogP contribution < -0.4 is 5.11 Å². The number of hydrogen-bond acceptors (Lipinski definition) is 3. The van der Waals surface area contributed by atoms with Crippen molar-refractivity contribution in [1.29, 1.82) is 0 Å². The SMILES string of the molecule is Cc1ccc([O-])cc1CN1CCOCC1. The minimum absolute atomic E-state index is 0.101. The maximum absolute atomic E-state index is 11.2. The fourth-order valence-electron chi connectivity index (χ4n) is 1.82. The molecule has 1 aliphatic heterocycles. The van der Waals surface area contributed by atoms with Crippen LogP contribution in [0.25, 0.3) is 0 Å². The summed E-state index contributed by atoms with van der Waals surface area (Å²) in [5, 5.41) is 11.2. The van der Waals surface area contributed by atoms with Gasteiger partial charge in [0.1, 0.15) is 0 Å². The molecular formula is C12H16NO2-. The van der Waals surface area contributed by atoms with Crippen molar-refractivity contribution in [2.24, 2.45) is 0 Å². The Labute approximate surface area is 90.3 Å². The molecule has 1 aromatic carbocycles. The highest BCUT2D eigenvalue weighted by Gasteiger charge is 2.11. The number of aryl methyl sites for hydroxylation is 1. The van der Waals surface area contributed by atoms with Gasteiger partial charge in [-0.15, -0.1) is 5.75 Å². The molecule has 82 valence electrons. The zero-order valence-corrected chi connectivity index (χ0v) is 9.03. The first-order valence-electron chi connectivity index (χ1n) is 5.32. The zero-order chi connectivity index (χ0) is 10.7. The Bertz CT molecular complexity index is 332. The third-order valence-corrected chi connectivity index (χ3v) is 2.82. The van der Waals surface area contributed by atoms with E-state index in [9.17, 15) is 5.11 Å². The molecular weight excluding hydrogens is 190 g/mol. The van der Waals surface area contributed by atoms with Crippen LogP contribution >= 0.6 is 0 Å². The summed E-state index contributed by atoms with van der Waals surface area (Å²) >= 11 is 0. The fourth-order valence-corrected chi connectivity index (χ4v) is 1.82. The van der Waals surface area contributed by atoms with Crippen LogP contribution in [0.4, 0.5) is 0 Å². The molecule has 1 aliphatic rings. The lowest BCUT2D eigenvalue weighted by molar-refractivity contribution is -0.268. The molecule has 0 unspecified atom stereocenters. The lowest BCUT2D eigenvalue weighted by Crippen LogP contribution is -2.35. The van der Waals surface area contributed by atoms with E-state index in [4.69, 9.17) is 4.74 Å². The van der Waals surface area contributed by atoms with Crippen molar-refractivity contribution >= 4 is 0 Å². The normalized spacial score (nSPS) is 17.9. The molecule has 1 aromatic rings. The summed E-state index contributed by atoms with van der Waals surface area (Å²) in [6.45, 7) is 6.44. The standard InChI is InChI=1S/C12H17NO2/c1-10-2-3-12(14)8-11(10)9-13-4-6-15-7-5-13/h2-3,8,14H,4-7,9H2,1H3/p-1. The van der Waals surface area contributed by atoms with Crippen LogP contribution in [0.5, 0.6) is 5.75 Å². The molecule has 0 N–H and O–H groups in total. The van der Waals surface area contributed by atoms with E-state index in [-0.39, 0.29) is 5.75 Å². The Balaban J connectivity index is 2.05. The molecule has 0 aliphatic carbocycles. The minimum Gasteiger partial charge on any atom is -0.872 e. The van der Waals surface area contributed by atoms with Crippen LogP contribution in [0, 0.1) is 6.92 Å². The highest BCUT2D eigenvalue weighted by atomic mass is 16.5. The van der Waals surface area contributed by atoms with Gasteiger partial charge in [-0.3, -0.25) is 4.90 Å². The van der Waals surface area contributed by atoms with Crippen LogP contribution in [0.3, 0.4) is 0 Å². The Morgan fingerprint density at radius 1 is 1.33 bits per heavy atom. The maximum atomic E-state index is 11.2. The topological polar surface area (TPSA) is 35.5 Å². The quantitative estimate of drug-likeness (QED) is 0.721. The number of rotatable bonds is 2. The largest absolute Gasteiger partial charge is 0.872 e. The first-order chi connectivity index (χ1) is 7.25. The molecule has 0 saturated carbocycles. The van der Waals surface area contributed by atoms with Gasteiger partial charge in [-0.2, -0.15) is 0 Å². The van der Waals surface area contributed by atoms with Gasteiger partial charge in [0, 0.05) is 19.6 Å². The molecule has 0 radical (unpaired) electrons. The second kappa shape index (κ2) is 4.64. The summed E-state index contributed by atoms with van der Waals surface area (Å²) in [7, 11) is 0. The molecule has 1 heterocycles. The van der Waals surface area contributed by atoms with Crippen molar-refractivity contribution in [1.82, 2.24) is 4.90 Å². The Morgan fingerprint density at radius 3 is 2.80 bits per heavy atom. The van der Waals surface area contributed by atoms with E-state index < -0.39 is 0 Å². The fraction of sp³-hybridized carbons (Fsp3) is 0.500. The maximum Gasteiger partial charge on any atom is 0.0594 e. The molecule has 0 aromatic heterocycles. The smallest absolute Gasteiger partial charge is 0.0594 e. The molecule has 3 nitrogen and oxygen atoms in total. The Kier molecular flexibility index (Phi) is 3.23. The monoisotopic (exact) mass is 206 g/mol. The molecule has 0 spiro atoms. The average Bonchev–Trinajstić information content (AvgIpc) is 2.25. The molecule has 3 heteroatoms. The first-order valence-corrected chi connectivity index (χ1v) is 5.32. The van der Waals surface area contributed by atoms with E-state index in [2.05, 4.69) is 11.8 Å². The van der Waals surface area contributed by atoms with Crippen LogP contribution in [0.2, 0.25) is 0 Å². The summed E-state index contributed by atoms with van der Waals surface area (Å²) < 4.78 is 5.29. The van der Waals surface area contributed by atoms with E-state index in [0.29, 0.717) is 0 Å². The predicted molar refractivity (Wildman–Crippen MR) is 56.7 cm³/mol. The van der Waals surface area contributed by atoms with Gasteiger partial charge in [0.2, 0.25) is 0 Å². The average molecular weight is 206 g/mol. The second-order valence-corrected chi connectivity index (χ2v) is 3.98. The van der Waals surface area contributed by atoms with Crippen molar-refractivity contribution in [3.8, 4) is 5.75 Å². The van der Waals surface area contributed by atoms with Crippen LogP contribution in [-0.4, -0.2) is 31.2 Å². The molecule has 0 bridgehead atoms. The molecule has 0 atom stereocenters. The van der Waals surface area contributed by atoms with Crippen molar-refractivity contribution in [3.63, 3.8) is 0 Å². The van der Waals surface area contributed by atoms with E-state index in [1.807, 2.05) is 6.07 Å². The summed E-state index contributed by atoms with van der Waals surface area (Å²) in [6.07, 6.45) is 0. The van der Waals surface area contributed by atoms with Gasteiger partial charge in [0.15, 0.2) is 0 Å². The molecule has 1 fully saturated rings. The van der Waals surface area contributed by atoms with E-state index in [0.717, 1.165) is 38.4 Å². The van der Waals surface area contributed by atoms with Gasteiger partial charge in [-0.05, 0) is 18.1 Å². The molecule has 1 saturated heterocycles. The summed E-state index contributed by atoms with van der Waals surface area (Å²) in [5.74, 6) is 0.101. The van der Waals surface area contributed by atoms with Crippen molar-refractivity contribution in [3.05, 3.63) is 29.3 Å². The van der Waals surface area contributed by atoms with Crippen molar-refractivity contribution in [2.75, 3.05) is 26.3 Å². The van der Waals surface area contributed by atoms with Gasteiger partial charge >= 0.3 is 0 Å². The number of benzene rings is 1. The number of hydrogen-bond donors (Lipinski definition) is 0. The van der Waals surface area contributed by atoms with E-state index in [1.54, 1.807) is 12.1 Å². The summed E-state index contributed by atoms with van der Waals surface area (Å²) in [4.78, 5) is 2.32. The lowest BCUT2D eigenvalue weighted by Gasteiger charge is -2.27. The minimum atomic E-state index is 0.101. The van der Waals surface area contributed by atoms with E-state index >= 15 is 0 Å². The van der Waals surface area contributed by atoms with E-state index in [1.165, 1.54) is 5.56 Å². The number of ether oxygens (including phenoxy) is 1. The van der Waals surface area contributed by atoms with Crippen molar-refractivity contribution in [2.45, 2.75) is 13.5 Å². The highest BCUT2D eigenvalue weighted by Crippen LogP contribution is 2.16. The van der Waals surface area contributed by atoms with Gasteiger partial charge in [0.05, 0.1) is 13.2 Å². The highest BCUT2D eigenvalue weighted by molar-refractivity contribution is 5.33. The Morgan fingerprint density at radius 2 is 2.07 bits per heavy atom. The van der Waals surface area contributed by atoms with Gasteiger partial charge in [0.25, 0.3) is 0 Å². The van der Waals surface area contributed by atoms with Gasteiger partial charge in [-0.25, -0.2) is 0 Å².